The number of halogens is 1. The quantitative estimate of drug-likeness (QED) is 0.395. The van der Waals surface area contributed by atoms with Gasteiger partial charge in [-0.2, -0.15) is 5.26 Å². The van der Waals surface area contributed by atoms with Crippen molar-refractivity contribution in [2.75, 3.05) is 11.9 Å². The lowest BCUT2D eigenvalue weighted by molar-refractivity contribution is 0.827. The first-order chi connectivity index (χ1) is 14.2. The first-order valence-electron chi connectivity index (χ1n) is 9.95. The molecule has 4 nitrogen and oxygen atoms in total. The summed E-state index contributed by atoms with van der Waals surface area (Å²) in [5, 5.41) is 14.3. The van der Waals surface area contributed by atoms with Crippen molar-refractivity contribution in [3.05, 3.63) is 75.8 Å². The Morgan fingerprint density at radius 3 is 2.66 bits per heavy atom. The first-order valence-corrected chi connectivity index (χ1v) is 10.3. The van der Waals surface area contributed by atoms with Crippen molar-refractivity contribution in [1.29, 1.82) is 5.26 Å². The number of para-hydroxylation sites is 2. The Labute approximate surface area is 175 Å². The average molecular weight is 403 g/mol. The van der Waals surface area contributed by atoms with E-state index in [1.807, 2.05) is 49.4 Å². The van der Waals surface area contributed by atoms with Crippen LogP contribution < -0.4 is 5.32 Å². The molecule has 1 N–H and O–H groups in total. The van der Waals surface area contributed by atoms with E-state index < -0.39 is 0 Å². The normalized spacial score (nSPS) is 11.1. The van der Waals surface area contributed by atoms with E-state index in [1.165, 1.54) is 0 Å². The van der Waals surface area contributed by atoms with Crippen molar-refractivity contribution in [3.63, 3.8) is 0 Å². The minimum absolute atomic E-state index is 0.615. The summed E-state index contributed by atoms with van der Waals surface area (Å²) in [6, 6.07) is 18.3. The number of unbranched alkanes of at least 4 members (excludes halogenated alkanes) is 1. The highest BCUT2D eigenvalue weighted by Crippen LogP contribution is 2.33. The largest absolute Gasteiger partial charge is 0.371 e. The van der Waals surface area contributed by atoms with Crippen LogP contribution in [0.4, 0.5) is 5.82 Å². The van der Waals surface area contributed by atoms with E-state index in [1.54, 1.807) is 0 Å². The van der Waals surface area contributed by atoms with E-state index in [9.17, 15) is 5.26 Å². The molecule has 4 aromatic rings. The highest BCUT2D eigenvalue weighted by atomic mass is 35.5. The van der Waals surface area contributed by atoms with Crippen molar-refractivity contribution >= 4 is 34.1 Å². The number of nitrogens with zero attached hydrogens (tertiary/aromatic N) is 3. The number of nitriles is 1. The van der Waals surface area contributed by atoms with Gasteiger partial charge in [-0.1, -0.05) is 55.3 Å². The van der Waals surface area contributed by atoms with Crippen molar-refractivity contribution < 1.29 is 0 Å². The number of benzene rings is 2. The zero-order valence-corrected chi connectivity index (χ0v) is 17.4. The van der Waals surface area contributed by atoms with Crippen LogP contribution in [0.1, 0.15) is 42.0 Å². The highest BCUT2D eigenvalue weighted by molar-refractivity contribution is 6.31. The number of pyridine rings is 1. The Balaban J connectivity index is 2.03. The van der Waals surface area contributed by atoms with Crippen LogP contribution in [0, 0.1) is 18.3 Å². The Bertz CT molecular complexity index is 1230. The van der Waals surface area contributed by atoms with Crippen molar-refractivity contribution in [2.24, 2.45) is 0 Å². The monoisotopic (exact) mass is 402 g/mol. The van der Waals surface area contributed by atoms with Crippen LogP contribution in [-0.2, 0) is 6.42 Å². The molecule has 4 rings (SSSR count). The van der Waals surface area contributed by atoms with Gasteiger partial charge in [0, 0.05) is 23.6 Å². The second kappa shape index (κ2) is 8.14. The molecule has 2 heterocycles. The zero-order chi connectivity index (χ0) is 20.4. The van der Waals surface area contributed by atoms with Crippen molar-refractivity contribution in [3.8, 4) is 6.07 Å². The van der Waals surface area contributed by atoms with Gasteiger partial charge in [0.1, 0.15) is 11.9 Å². The van der Waals surface area contributed by atoms with E-state index in [0.717, 1.165) is 58.0 Å². The van der Waals surface area contributed by atoms with Crippen molar-refractivity contribution in [1.82, 2.24) is 9.38 Å². The summed E-state index contributed by atoms with van der Waals surface area (Å²) >= 11 is 6.47. The molecule has 146 valence electrons. The van der Waals surface area contributed by atoms with E-state index in [2.05, 4.69) is 28.8 Å². The molecule has 0 saturated carbocycles. The molecule has 0 aliphatic rings. The number of fused-ring (bicyclic) bond motifs is 3. The molecule has 0 atom stereocenters. The minimum atomic E-state index is 0.615. The minimum Gasteiger partial charge on any atom is -0.371 e. The smallest absolute Gasteiger partial charge is 0.157 e. The van der Waals surface area contributed by atoms with Crippen LogP contribution in [0.5, 0.6) is 0 Å². The fraction of sp³-hybridized carbons (Fsp3) is 0.250. The zero-order valence-electron chi connectivity index (χ0n) is 16.7. The SMILES string of the molecule is CCCCNc1c(Cc2ccccc2Cl)c(C)c(C#N)c2nc3ccccc3n12. The third kappa shape index (κ3) is 3.43. The molecule has 0 radical (unpaired) electrons. The lowest BCUT2D eigenvalue weighted by atomic mass is 9.97. The van der Waals surface area contributed by atoms with E-state index >= 15 is 0 Å². The molecule has 0 unspecified atom stereocenters. The first kappa shape index (κ1) is 19.3. The van der Waals surface area contributed by atoms with E-state index in [0.29, 0.717) is 17.6 Å². The number of imidazole rings is 1. The third-order valence-corrected chi connectivity index (χ3v) is 5.75. The number of hydrogen-bond donors (Lipinski definition) is 1. The molecule has 0 spiro atoms. The lowest BCUT2D eigenvalue weighted by Gasteiger charge is -2.19. The lowest BCUT2D eigenvalue weighted by Crippen LogP contribution is -2.12. The fourth-order valence-corrected chi connectivity index (χ4v) is 4.01. The van der Waals surface area contributed by atoms with Crippen molar-refractivity contribution in [2.45, 2.75) is 33.1 Å². The van der Waals surface area contributed by atoms with E-state index in [4.69, 9.17) is 16.6 Å². The second-order valence-electron chi connectivity index (χ2n) is 7.25. The molecular formula is C24H23ClN4. The number of hydrogen-bond acceptors (Lipinski definition) is 3. The standard InChI is InChI=1S/C24H23ClN4/c1-3-4-13-27-23-18(14-17-9-5-6-10-20(17)25)16(2)19(15-26)24-28-21-11-7-8-12-22(21)29(23)24/h5-12,27H,3-4,13-14H2,1-2H3. The van der Waals surface area contributed by atoms with Gasteiger partial charge in [0.25, 0.3) is 0 Å². The fourth-order valence-electron chi connectivity index (χ4n) is 3.80. The van der Waals surface area contributed by atoms with Crippen LogP contribution in [0.25, 0.3) is 16.7 Å². The van der Waals surface area contributed by atoms with Crippen LogP contribution in [0.15, 0.2) is 48.5 Å². The van der Waals surface area contributed by atoms with Gasteiger partial charge in [-0.25, -0.2) is 4.98 Å². The van der Waals surface area contributed by atoms with Gasteiger partial charge in [-0.3, -0.25) is 4.40 Å². The van der Waals surface area contributed by atoms with Gasteiger partial charge in [0.05, 0.1) is 16.6 Å². The summed E-state index contributed by atoms with van der Waals surface area (Å²) in [5.74, 6) is 0.999. The Morgan fingerprint density at radius 1 is 1.14 bits per heavy atom. The van der Waals surface area contributed by atoms with Crippen LogP contribution in [0.2, 0.25) is 5.02 Å². The number of nitrogens with one attached hydrogen (secondary N) is 1. The maximum absolute atomic E-state index is 9.94. The summed E-state index contributed by atoms with van der Waals surface area (Å²) in [4.78, 5) is 4.78. The van der Waals surface area contributed by atoms with Gasteiger partial charge < -0.3 is 5.32 Å². The van der Waals surface area contributed by atoms with Gasteiger partial charge in [-0.15, -0.1) is 0 Å². The molecule has 2 aromatic heterocycles. The molecule has 0 aliphatic carbocycles. The molecule has 2 aromatic carbocycles. The molecule has 5 heteroatoms. The average Bonchev–Trinajstić information content (AvgIpc) is 3.11. The van der Waals surface area contributed by atoms with E-state index in [-0.39, 0.29) is 0 Å². The number of aromatic nitrogens is 2. The van der Waals surface area contributed by atoms with Gasteiger partial charge >= 0.3 is 0 Å². The summed E-state index contributed by atoms with van der Waals surface area (Å²) < 4.78 is 2.10. The number of rotatable bonds is 6. The molecule has 0 fully saturated rings. The molecule has 0 bridgehead atoms. The molecular weight excluding hydrogens is 380 g/mol. The Morgan fingerprint density at radius 2 is 1.90 bits per heavy atom. The van der Waals surface area contributed by atoms with Crippen LogP contribution >= 0.6 is 11.6 Å². The predicted molar refractivity (Wildman–Crippen MR) is 120 cm³/mol. The molecule has 0 amide bonds. The Kier molecular flexibility index (Phi) is 5.42. The van der Waals surface area contributed by atoms with Crippen LogP contribution in [-0.4, -0.2) is 15.9 Å². The Hall–Kier alpha value is -3.03. The summed E-state index contributed by atoms with van der Waals surface area (Å²) in [7, 11) is 0. The maximum Gasteiger partial charge on any atom is 0.157 e. The highest BCUT2D eigenvalue weighted by Gasteiger charge is 2.21. The maximum atomic E-state index is 9.94. The second-order valence-corrected chi connectivity index (χ2v) is 7.65. The molecule has 0 aliphatic heterocycles. The molecule has 29 heavy (non-hydrogen) atoms. The van der Waals surface area contributed by atoms with Gasteiger partial charge in [0.2, 0.25) is 0 Å². The summed E-state index contributed by atoms with van der Waals surface area (Å²) in [6.45, 7) is 5.05. The molecule has 0 saturated heterocycles. The predicted octanol–water partition coefficient (Wildman–Crippen LogP) is 6.12. The van der Waals surface area contributed by atoms with Crippen LogP contribution in [0.3, 0.4) is 0 Å². The summed E-state index contributed by atoms with van der Waals surface area (Å²) in [5.41, 5.74) is 6.28. The number of anilines is 1. The van der Waals surface area contributed by atoms with Gasteiger partial charge in [-0.05, 0) is 42.7 Å². The third-order valence-electron chi connectivity index (χ3n) is 5.38. The van der Waals surface area contributed by atoms with Gasteiger partial charge in [0.15, 0.2) is 5.65 Å². The topological polar surface area (TPSA) is 53.1 Å². The summed E-state index contributed by atoms with van der Waals surface area (Å²) in [6.07, 6.45) is 2.83.